The lowest BCUT2D eigenvalue weighted by Crippen LogP contribution is -2.00. The lowest BCUT2D eigenvalue weighted by atomic mass is 10.0. The lowest BCUT2D eigenvalue weighted by molar-refractivity contribution is 0.620. The Morgan fingerprint density at radius 3 is 1.95 bits per heavy atom. The Labute approximate surface area is 321 Å². The standard InChI is InChI=1S/C48H26N4OS2/c1-2-10-29(11-3-1)48-49-44-37(53-48)22-24-40-43(44)42-36-25-30(18-17-28(36)20-23-39(42)55-40)45-50-46(31-19-21-34-33-14-6-7-16-38(33)54-41(34)26-31)52-47(51-45)35-15-8-12-27-9-4-5-13-32(27)35/h1-26H. The highest BCUT2D eigenvalue weighted by Gasteiger charge is 2.19. The van der Waals surface area contributed by atoms with Gasteiger partial charge in [0.15, 0.2) is 23.1 Å². The molecule has 5 nitrogen and oxygen atoms in total. The van der Waals surface area contributed by atoms with Crippen molar-refractivity contribution in [2.45, 2.75) is 0 Å². The molecule has 0 radical (unpaired) electrons. The minimum Gasteiger partial charge on any atom is -0.436 e. The SMILES string of the molecule is c1ccc(-c2nc3c(ccc4sc5ccc6ccc(-c7nc(-c8ccc9c(c8)sc8ccccc89)nc(-c8cccc9ccccc89)n7)cc6c5c43)o2)cc1. The van der Waals surface area contributed by atoms with E-state index in [-0.39, 0.29) is 0 Å². The van der Waals surface area contributed by atoms with E-state index in [2.05, 4.69) is 121 Å². The number of rotatable bonds is 4. The summed E-state index contributed by atoms with van der Waals surface area (Å²) < 4.78 is 11.2. The molecule has 0 saturated carbocycles. The van der Waals surface area contributed by atoms with E-state index in [0.29, 0.717) is 23.4 Å². The van der Waals surface area contributed by atoms with E-state index in [1.807, 2.05) is 36.4 Å². The summed E-state index contributed by atoms with van der Waals surface area (Å²) in [6.07, 6.45) is 0. The summed E-state index contributed by atoms with van der Waals surface area (Å²) in [7, 11) is 0. The first-order valence-corrected chi connectivity index (χ1v) is 19.8. The zero-order valence-corrected chi connectivity index (χ0v) is 30.7. The maximum atomic E-state index is 6.34. The second-order valence-corrected chi connectivity index (χ2v) is 16.0. The van der Waals surface area contributed by atoms with E-state index in [1.165, 1.54) is 29.6 Å². The summed E-state index contributed by atoms with van der Waals surface area (Å²) in [4.78, 5) is 20.7. The minimum absolute atomic E-state index is 0.621. The number of thiophene rings is 2. The Hall–Kier alpha value is -6.80. The highest BCUT2D eigenvalue weighted by Crippen LogP contribution is 2.44. The van der Waals surface area contributed by atoms with Gasteiger partial charge in [-0.15, -0.1) is 22.7 Å². The third-order valence-corrected chi connectivity index (χ3v) is 12.8. The van der Waals surface area contributed by atoms with Crippen LogP contribution in [0.25, 0.3) is 119 Å². The lowest BCUT2D eigenvalue weighted by Gasteiger charge is -2.11. The molecular formula is C48H26N4OS2. The van der Waals surface area contributed by atoms with Gasteiger partial charge in [-0.05, 0) is 70.1 Å². The molecule has 0 fully saturated rings. The molecule has 0 spiro atoms. The maximum Gasteiger partial charge on any atom is 0.227 e. The second kappa shape index (κ2) is 11.9. The van der Waals surface area contributed by atoms with Gasteiger partial charge in [0.25, 0.3) is 0 Å². The molecule has 0 atom stereocenters. The van der Waals surface area contributed by atoms with Crippen molar-refractivity contribution in [3.63, 3.8) is 0 Å². The van der Waals surface area contributed by atoms with E-state index in [9.17, 15) is 0 Å². The van der Waals surface area contributed by atoms with E-state index in [0.717, 1.165) is 65.7 Å². The molecule has 55 heavy (non-hydrogen) atoms. The molecule has 0 aliphatic carbocycles. The molecule has 256 valence electrons. The zero-order chi connectivity index (χ0) is 36.0. The molecule has 12 rings (SSSR count). The number of benzene rings is 8. The summed E-state index contributed by atoms with van der Waals surface area (Å²) in [5, 5.41) is 9.28. The highest BCUT2D eigenvalue weighted by molar-refractivity contribution is 7.26. The summed E-state index contributed by atoms with van der Waals surface area (Å²) in [6, 6.07) is 55.1. The predicted molar refractivity (Wildman–Crippen MR) is 230 cm³/mol. The van der Waals surface area contributed by atoms with Gasteiger partial charge in [0.2, 0.25) is 5.89 Å². The van der Waals surface area contributed by atoms with Crippen molar-refractivity contribution < 1.29 is 4.42 Å². The molecular weight excluding hydrogens is 713 g/mol. The number of oxazole rings is 1. The fourth-order valence-electron chi connectivity index (χ4n) is 7.95. The summed E-state index contributed by atoms with van der Waals surface area (Å²) in [5.74, 6) is 2.53. The molecule has 0 aliphatic rings. The fraction of sp³-hybridized carbons (Fsp3) is 0. The van der Waals surface area contributed by atoms with Crippen molar-refractivity contribution in [1.82, 2.24) is 19.9 Å². The Morgan fingerprint density at radius 2 is 1.04 bits per heavy atom. The van der Waals surface area contributed by atoms with Crippen LogP contribution in [0.3, 0.4) is 0 Å². The van der Waals surface area contributed by atoms with E-state index in [4.69, 9.17) is 24.4 Å². The van der Waals surface area contributed by atoms with Gasteiger partial charge in [-0.1, -0.05) is 109 Å². The van der Waals surface area contributed by atoms with Gasteiger partial charge in [-0.25, -0.2) is 19.9 Å². The number of nitrogens with zero attached hydrogens (tertiary/aromatic N) is 4. The molecule has 0 unspecified atom stereocenters. The minimum atomic E-state index is 0.621. The molecule has 7 heteroatoms. The van der Waals surface area contributed by atoms with Crippen LogP contribution in [0, 0.1) is 0 Å². The monoisotopic (exact) mass is 738 g/mol. The second-order valence-electron chi connectivity index (χ2n) is 13.8. The van der Waals surface area contributed by atoms with Gasteiger partial charge in [-0.2, -0.15) is 0 Å². The molecule has 0 saturated heterocycles. The molecule has 0 bridgehead atoms. The third kappa shape index (κ3) is 4.84. The number of hydrogen-bond acceptors (Lipinski definition) is 7. The topological polar surface area (TPSA) is 64.7 Å². The van der Waals surface area contributed by atoms with Crippen molar-refractivity contribution >= 4 is 95.7 Å². The molecule has 0 N–H and O–H groups in total. The Kier molecular flexibility index (Phi) is 6.60. The first kappa shape index (κ1) is 30.6. The van der Waals surface area contributed by atoms with Crippen LogP contribution in [-0.4, -0.2) is 19.9 Å². The normalized spacial score (nSPS) is 12.0. The number of aromatic nitrogens is 4. The van der Waals surface area contributed by atoms with Crippen molar-refractivity contribution in [3.05, 3.63) is 158 Å². The van der Waals surface area contributed by atoms with Crippen molar-refractivity contribution in [1.29, 1.82) is 0 Å². The van der Waals surface area contributed by atoms with E-state index in [1.54, 1.807) is 22.7 Å². The van der Waals surface area contributed by atoms with Crippen molar-refractivity contribution in [2.75, 3.05) is 0 Å². The molecule has 0 amide bonds. The Morgan fingerprint density at radius 1 is 0.382 bits per heavy atom. The van der Waals surface area contributed by atoms with Crippen LogP contribution in [0.2, 0.25) is 0 Å². The molecule has 4 aromatic heterocycles. The van der Waals surface area contributed by atoms with Gasteiger partial charge >= 0.3 is 0 Å². The third-order valence-electron chi connectivity index (χ3n) is 10.6. The fourth-order valence-corrected chi connectivity index (χ4v) is 10.2. The highest BCUT2D eigenvalue weighted by atomic mass is 32.1. The van der Waals surface area contributed by atoms with Crippen LogP contribution >= 0.6 is 22.7 Å². The average molecular weight is 739 g/mol. The number of fused-ring (bicyclic) bond motifs is 11. The van der Waals surface area contributed by atoms with Gasteiger partial charge in [0, 0.05) is 62.6 Å². The molecule has 8 aromatic carbocycles. The first-order chi connectivity index (χ1) is 27.2. The maximum absolute atomic E-state index is 6.34. The Bertz CT molecular complexity index is 3500. The number of hydrogen-bond donors (Lipinski definition) is 0. The van der Waals surface area contributed by atoms with Crippen LogP contribution in [0.15, 0.2) is 162 Å². The summed E-state index contributed by atoms with van der Waals surface area (Å²) in [6.45, 7) is 0. The van der Waals surface area contributed by atoms with Crippen molar-refractivity contribution in [2.24, 2.45) is 0 Å². The van der Waals surface area contributed by atoms with Gasteiger partial charge in [0.05, 0.1) is 0 Å². The largest absolute Gasteiger partial charge is 0.436 e. The van der Waals surface area contributed by atoms with E-state index < -0.39 is 0 Å². The van der Waals surface area contributed by atoms with Gasteiger partial charge < -0.3 is 4.42 Å². The van der Waals surface area contributed by atoms with Crippen LogP contribution in [-0.2, 0) is 0 Å². The smallest absolute Gasteiger partial charge is 0.227 e. The zero-order valence-electron chi connectivity index (χ0n) is 29.0. The van der Waals surface area contributed by atoms with Gasteiger partial charge in [0.1, 0.15) is 5.52 Å². The van der Waals surface area contributed by atoms with Crippen molar-refractivity contribution in [3.8, 4) is 45.6 Å². The van der Waals surface area contributed by atoms with E-state index >= 15 is 0 Å². The Balaban J connectivity index is 1.09. The molecule has 0 aliphatic heterocycles. The average Bonchev–Trinajstić information content (AvgIpc) is 3.96. The first-order valence-electron chi connectivity index (χ1n) is 18.1. The summed E-state index contributed by atoms with van der Waals surface area (Å²) in [5.41, 5.74) is 5.45. The molecule has 4 heterocycles. The van der Waals surface area contributed by atoms with Crippen LogP contribution in [0.1, 0.15) is 0 Å². The van der Waals surface area contributed by atoms with Crippen LogP contribution < -0.4 is 0 Å². The predicted octanol–water partition coefficient (Wildman–Crippen LogP) is 13.7. The van der Waals surface area contributed by atoms with Crippen LogP contribution in [0.4, 0.5) is 0 Å². The quantitative estimate of drug-likeness (QED) is 0.180. The van der Waals surface area contributed by atoms with Gasteiger partial charge in [-0.3, -0.25) is 0 Å². The summed E-state index contributed by atoms with van der Waals surface area (Å²) >= 11 is 3.58. The van der Waals surface area contributed by atoms with Crippen LogP contribution in [0.5, 0.6) is 0 Å². The molecule has 12 aromatic rings.